The van der Waals surface area contributed by atoms with Gasteiger partial charge in [-0.05, 0) is 30.3 Å². The van der Waals surface area contributed by atoms with Crippen molar-refractivity contribution in [3.63, 3.8) is 0 Å². The molecule has 0 spiro atoms. The van der Waals surface area contributed by atoms with Gasteiger partial charge in [-0.3, -0.25) is 14.9 Å². The van der Waals surface area contributed by atoms with Crippen molar-refractivity contribution in [1.29, 1.82) is 0 Å². The quantitative estimate of drug-likeness (QED) is 0.145. The summed E-state index contributed by atoms with van der Waals surface area (Å²) in [4.78, 5) is 42.7. The first-order chi connectivity index (χ1) is 16.4. The van der Waals surface area contributed by atoms with Crippen LogP contribution in [0.1, 0.15) is 20.8 Å². The van der Waals surface area contributed by atoms with Gasteiger partial charge in [0.15, 0.2) is 11.8 Å². The van der Waals surface area contributed by atoms with Crippen molar-refractivity contribution in [3.8, 4) is 17.4 Å². The Morgan fingerprint density at radius 3 is 2.47 bits per heavy atom. The molecule has 0 bridgehead atoms. The number of nitro groups is 1. The molecule has 0 saturated carbocycles. The van der Waals surface area contributed by atoms with Gasteiger partial charge in [-0.15, -0.1) is 0 Å². The number of esters is 1. The summed E-state index contributed by atoms with van der Waals surface area (Å²) in [5.41, 5.74) is -0.428. The zero-order chi connectivity index (χ0) is 24.5. The number of rotatable bonds is 11. The fraction of sp³-hybridized carbons (Fsp3) is 0.182. The average Bonchev–Trinajstić information content (AvgIpc) is 2.84. The molecular weight excluding hydrogens is 448 g/mol. The summed E-state index contributed by atoms with van der Waals surface area (Å²) >= 11 is 0. The van der Waals surface area contributed by atoms with Gasteiger partial charge in [-0.1, -0.05) is 6.07 Å². The second kappa shape index (κ2) is 11.3. The number of ether oxygens (including phenoxy) is 4. The van der Waals surface area contributed by atoms with Crippen molar-refractivity contribution in [3.05, 3.63) is 69.9 Å². The molecule has 176 valence electrons. The number of nitrogens with zero attached hydrogens (tertiary/aromatic N) is 3. The SMILES string of the molecule is COCCOc1ccc(Oc2nc(Nc3cccc([N+](=O)[O-])c3)nc(C=O)c2C(=O)OC)cc1. The number of anilines is 2. The Kier molecular flexibility index (Phi) is 8.02. The summed E-state index contributed by atoms with van der Waals surface area (Å²) in [5, 5.41) is 13.8. The second-order valence-corrected chi connectivity index (χ2v) is 6.57. The molecule has 3 rings (SSSR count). The Morgan fingerprint density at radius 2 is 1.82 bits per heavy atom. The molecule has 0 radical (unpaired) electrons. The molecule has 34 heavy (non-hydrogen) atoms. The fourth-order valence-electron chi connectivity index (χ4n) is 2.75. The van der Waals surface area contributed by atoms with Crippen LogP contribution in [0.15, 0.2) is 48.5 Å². The van der Waals surface area contributed by atoms with E-state index in [4.69, 9.17) is 18.9 Å². The van der Waals surface area contributed by atoms with Crippen LogP contribution < -0.4 is 14.8 Å². The van der Waals surface area contributed by atoms with Crippen LogP contribution in [0.5, 0.6) is 17.4 Å². The van der Waals surface area contributed by atoms with Crippen molar-refractivity contribution in [2.24, 2.45) is 0 Å². The molecule has 0 saturated heterocycles. The van der Waals surface area contributed by atoms with Crippen LogP contribution in [0.25, 0.3) is 0 Å². The van der Waals surface area contributed by atoms with Gasteiger partial charge in [0, 0.05) is 24.9 Å². The number of hydrogen-bond donors (Lipinski definition) is 1. The molecule has 0 aliphatic heterocycles. The first-order valence-electron chi connectivity index (χ1n) is 9.81. The molecule has 0 unspecified atom stereocenters. The van der Waals surface area contributed by atoms with E-state index in [1.165, 1.54) is 18.2 Å². The van der Waals surface area contributed by atoms with E-state index in [1.54, 1.807) is 37.4 Å². The number of carbonyl (C=O) groups is 2. The standard InChI is InChI=1S/C22H20N4O8/c1-31-10-11-33-16-6-8-17(9-7-16)34-20-19(21(28)32-2)18(13-27)24-22(25-20)23-14-4-3-5-15(12-14)26(29)30/h3-9,12-13H,10-11H2,1-2H3,(H,23,24,25). The van der Waals surface area contributed by atoms with Gasteiger partial charge in [0.1, 0.15) is 23.8 Å². The molecule has 12 nitrogen and oxygen atoms in total. The maximum absolute atomic E-state index is 12.3. The molecule has 3 aromatic rings. The molecule has 1 aromatic heterocycles. The summed E-state index contributed by atoms with van der Waals surface area (Å²) in [6.45, 7) is 0.793. The minimum Gasteiger partial charge on any atom is -0.491 e. The number of carbonyl (C=O) groups excluding carboxylic acids is 2. The summed E-state index contributed by atoms with van der Waals surface area (Å²) < 4.78 is 20.9. The van der Waals surface area contributed by atoms with Gasteiger partial charge in [0.2, 0.25) is 11.8 Å². The van der Waals surface area contributed by atoms with Crippen molar-refractivity contribution in [2.45, 2.75) is 0 Å². The second-order valence-electron chi connectivity index (χ2n) is 6.57. The van der Waals surface area contributed by atoms with E-state index in [-0.39, 0.29) is 28.8 Å². The molecule has 0 fully saturated rings. The zero-order valence-electron chi connectivity index (χ0n) is 18.2. The highest BCUT2D eigenvalue weighted by Gasteiger charge is 2.24. The van der Waals surface area contributed by atoms with Gasteiger partial charge < -0.3 is 24.3 Å². The number of non-ortho nitro benzene ring substituents is 1. The highest BCUT2D eigenvalue weighted by molar-refractivity contribution is 5.99. The Bertz CT molecular complexity index is 1180. The van der Waals surface area contributed by atoms with Crippen LogP contribution in [-0.4, -0.2) is 54.6 Å². The number of nitro benzene ring substituents is 1. The number of benzene rings is 2. The van der Waals surface area contributed by atoms with Crippen molar-refractivity contribution < 1.29 is 33.5 Å². The molecule has 0 atom stereocenters. The van der Waals surface area contributed by atoms with Crippen molar-refractivity contribution in [2.75, 3.05) is 32.8 Å². The average molecular weight is 468 g/mol. The lowest BCUT2D eigenvalue weighted by atomic mass is 10.2. The lowest BCUT2D eigenvalue weighted by Gasteiger charge is -2.13. The van der Waals surface area contributed by atoms with E-state index >= 15 is 0 Å². The summed E-state index contributed by atoms with van der Waals surface area (Å²) in [6.07, 6.45) is 0.353. The van der Waals surface area contributed by atoms with Gasteiger partial charge in [-0.2, -0.15) is 4.98 Å². The molecule has 2 aromatic carbocycles. The number of aldehydes is 1. The minimum absolute atomic E-state index is 0.121. The van der Waals surface area contributed by atoms with E-state index < -0.39 is 10.9 Å². The third-order valence-electron chi connectivity index (χ3n) is 4.31. The Hall–Kier alpha value is -4.58. The Labute approximate surface area is 193 Å². The number of aromatic nitrogens is 2. The maximum Gasteiger partial charge on any atom is 0.345 e. The molecule has 12 heteroatoms. The third kappa shape index (κ3) is 6.01. The highest BCUT2D eigenvalue weighted by Crippen LogP contribution is 2.29. The van der Waals surface area contributed by atoms with Crippen molar-refractivity contribution >= 4 is 29.6 Å². The minimum atomic E-state index is -0.876. The molecule has 0 aliphatic rings. The summed E-state index contributed by atoms with van der Waals surface area (Å²) in [7, 11) is 2.71. The van der Waals surface area contributed by atoms with Crippen LogP contribution in [0.2, 0.25) is 0 Å². The van der Waals surface area contributed by atoms with Gasteiger partial charge in [0.05, 0.1) is 18.6 Å². The van der Waals surface area contributed by atoms with E-state index in [0.717, 1.165) is 7.11 Å². The molecule has 0 aliphatic carbocycles. The van der Waals surface area contributed by atoms with E-state index in [0.29, 0.717) is 36.7 Å². The van der Waals surface area contributed by atoms with E-state index in [1.807, 2.05) is 0 Å². The predicted molar refractivity (Wildman–Crippen MR) is 119 cm³/mol. The largest absolute Gasteiger partial charge is 0.491 e. The Balaban J connectivity index is 1.94. The smallest absolute Gasteiger partial charge is 0.345 e. The topological polar surface area (TPSA) is 152 Å². The van der Waals surface area contributed by atoms with Crippen LogP contribution in [-0.2, 0) is 9.47 Å². The van der Waals surface area contributed by atoms with Crippen LogP contribution in [0.3, 0.4) is 0 Å². The molecule has 0 amide bonds. The van der Waals surface area contributed by atoms with Gasteiger partial charge >= 0.3 is 5.97 Å². The van der Waals surface area contributed by atoms with Crippen molar-refractivity contribution in [1.82, 2.24) is 9.97 Å². The van der Waals surface area contributed by atoms with Crippen LogP contribution in [0, 0.1) is 10.1 Å². The van der Waals surface area contributed by atoms with Crippen LogP contribution in [0.4, 0.5) is 17.3 Å². The lowest BCUT2D eigenvalue weighted by Crippen LogP contribution is -2.13. The predicted octanol–water partition coefficient (Wildman–Crippen LogP) is 3.55. The third-order valence-corrected chi connectivity index (χ3v) is 4.31. The Morgan fingerprint density at radius 1 is 1.09 bits per heavy atom. The van der Waals surface area contributed by atoms with E-state index in [2.05, 4.69) is 15.3 Å². The first-order valence-corrected chi connectivity index (χ1v) is 9.81. The number of nitrogens with one attached hydrogen (secondary N) is 1. The van der Waals surface area contributed by atoms with Gasteiger partial charge in [-0.25, -0.2) is 9.78 Å². The van der Waals surface area contributed by atoms with E-state index in [9.17, 15) is 19.7 Å². The molecular formula is C22H20N4O8. The maximum atomic E-state index is 12.3. The first kappa shape index (κ1) is 24.1. The summed E-state index contributed by atoms with van der Waals surface area (Å²) in [6, 6.07) is 12.1. The highest BCUT2D eigenvalue weighted by atomic mass is 16.6. The zero-order valence-corrected chi connectivity index (χ0v) is 18.2. The normalized spacial score (nSPS) is 10.3. The monoisotopic (exact) mass is 468 g/mol. The molecule has 1 heterocycles. The van der Waals surface area contributed by atoms with Gasteiger partial charge in [0.25, 0.3) is 5.69 Å². The number of methoxy groups -OCH3 is 2. The fourth-order valence-corrected chi connectivity index (χ4v) is 2.75. The summed E-state index contributed by atoms with van der Waals surface area (Å²) in [5.74, 6) is -0.379. The molecule has 1 N–H and O–H groups in total. The number of hydrogen-bond acceptors (Lipinski definition) is 11. The lowest BCUT2D eigenvalue weighted by molar-refractivity contribution is -0.384. The van der Waals surface area contributed by atoms with Crippen LogP contribution >= 0.6 is 0 Å².